The van der Waals surface area contributed by atoms with Crippen LogP contribution in [0.5, 0.6) is 0 Å². The van der Waals surface area contributed by atoms with Gasteiger partial charge in [-0.05, 0) is 13.3 Å². The topological polar surface area (TPSA) is 83.6 Å². The van der Waals surface area contributed by atoms with Gasteiger partial charge in [0.05, 0.1) is 5.41 Å². The van der Waals surface area contributed by atoms with Gasteiger partial charge in [0.15, 0.2) is 5.82 Å². The number of aromatic nitrogens is 4. The number of fused-ring (bicyclic) bond motifs is 1. The first-order valence-electron chi connectivity index (χ1n) is 5.73. The minimum absolute atomic E-state index is 0.446. The summed E-state index contributed by atoms with van der Waals surface area (Å²) in [5.74, 6) is -0.0709. The van der Waals surface area contributed by atoms with Crippen molar-refractivity contribution in [3.05, 3.63) is 18.7 Å². The van der Waals surface area contributed by atoms with Crippen molar-refractivity contribution in [1.29, 1.82) is 0 Å². The van der Waals surface area contributed by atoms with Crippen molar-refractivity contribution in [2.24, 2.45) is 5.41 Å². The van der Waals surface area contributed by atoms with Crippen LogP contribution in [0, 0.1) is 5.41 Å². The minimum Gasteiger partial charge on any atom is -0.481 e. The molecule has 2 aromatic rings. The number of carboxylic acid groups (broad SMARTS) is 1. The Morgan fingerprint density at radius 1 is 1.56 bits per heavy atom. The lowest BCUT2D eigenvalue weighted by atomic mass is 9.90. The molecule has 0 radical (unpaired) electrons. The van der Waals surface area contributed by atoms with Gasteiger partial charge in [-0.3, -0.25) is 9.20 Å². The highest BCUT2D eigenvalue weighted by atomic mass is 16.4. The number of aliphatic carboxylic acids is 1. The Balaban J connectivity index is 1.98. The molecule has 1 aliphatic heterocycles. The standard InChI is InChI=1S/C11H13N5O2/c1-11(10(17)18)2-4-15(6-11)8-9-14-13-7-16(9)5-3-12-8/h3,5,7H,2,4,6H2,1H3,(H,17,18). The maximum atomic E-state index is 11.2. The Morgan fingerprint density at radius 3 is 3.11 bits per heavy atom. The second-order valence-electron chi connectivity index (χ2n) is 4.85. The molecular formula is C11H13N5O2. The van der Waals surface area contributed by atoms with Crippen molar-refractivity contribution in [2.45, 2.75) is 13.3 Å². The van der Waals surface area contributed by atoms with Gasteiger partial charge in [-0.2, -0.15) is 0 Å². The fourth-order valence-electron chi connectivity index (χ4n) is 2.28. The summed E-state index contributed by atoms with van der Waals surface area (Å²) in [6.07, 6.45) is 5.65. The van der Waals surface area contributed by atoms with Gasteiger partial charge >= 0.3 is 5.97 Å². The maximum absolute atomic E-state index is 11.2. The molecule has 2 aromatic heterocycles. The average Bonchev–Trinajstić information content (AvgIpc) is 2.95. The first kappa shape index (κ1) is 10.9. The molecule has 0 saturated carbocycles. The Kier molecular flexibility index (Phi) is 2.22. The van der Waals surface area contributed by atoms with Crippen LogP contribution in [0.25, 0.3) is 5.65 Å². The molecular weight excluding hydrogens is 234 g/mol. The third-order valence-electron chi connectivity index (χ3n) is 3.49. The number of hydrogen-bond donors (Lipinski definition) is 1. The van der Waals surface area contributed by atoms with Crippen molar-refractivity contribution in [3.63, 3.8) is 0 Å². The van der Waals surface area contributed by atoms with Gasteiger partial charge in [-0.1, -0.05) is 0 Å². The van der Waals surface area contributed by atoms with E-state index in [0.29, 0.717) is 31.0 Å². The van der Waals surface area contributed by atoms with E-state index in [-0.39, 0.29) is 0 Å². The predicted octanol–water partition coefficient (Wildman–Crippen LogP) is 0.425. The average molecular weight is 247 g/mol. The van der Waals surface area contributed by atoms with Gasteiger partial charge in [-0.25, -0.2) is 4.98 Å². The molecule has 3 rings (SSSR count). The zero-order chi connectivity index (χ0) is 12.8. The molecule has 1 saturated heterocycles. The Hall–Kier alpha value is -2.18. The Bertz CT molecular complexity index is 610. The van der Waals surface area contributed by atoms with Crippen LogP contribution in [-0.4, -0.2) is 43.7 Å². The van der Waals surface area contributed by atoms with Crippen LogP contribution >= 0.6 is 0 Å². The Morgan fingerprint density at radius 2 is 2.39 bits per heavy atom. The summed E-state index contributed by atoms with van der Waals surface area (Å²) in [6.45, 7) is 2.88. The quantitative estimate of drug-likeness (QED) is 0.828. The van der Waals surface area contributed by atoms with Gasteiger partial charge in [0, 0.05) is 25.5 Å². The van der Waals surface area contributed by atoms with E-state index in [4.69, 9.17) is 0 Å². The first-order valence-corrected chi connectivity index (χ1v) is 5.73. The number of hydrogen-bond acceptors (Lipinski definition) is 5. The third kappa shape index (κ3) is 1.51. The van der Waals surface area contributed by atoms with E-state index >= 15 is 0 Å². The monoisotopic (exact) mass is 247 g/mol. The molecule has 1 N–H and O–H groups in total. The highest BCUT2D eigenvalue weighted by molar-refractivity contribution is 5.77. The molecule has 0 bridgehead atoms. The van der Waals surface area contributed by atoms with E-state index in [9.17, 15) is 9.90 Å². The highest BCUT2D eigenvalue weighted by Gasteiger charge is 2.41. The van der Waals surface area contributed by atoms with E-state index in [1.54, 1.807) is 30.0 Å². The normalized spacial score (nSPS) is 23.7. The van der Waals surface area contributed by atoms with Crippen molar-refractivity contribution in [3.8, 4) is 0 Å². The second kappa shape index (κ2) is 3.66. The van der Waals surface area contributed by atoms with Crippen LogP contribution in [0.4, 0.5) is 5.82 Å². The molecule has 0 aliphatic carbocycles. The van der Waals surface area contributed by atoms with Crippen molar-refractivity contribution in [2.75, 3.05) is 18.0 Å². The largest absolute Gasteiger partial charge is 0.481 e. The van der Waals surface area contributed by atoms with Crippen LogP contribution < -0.4 is 4.90 Å². The van der Waals surface area contributed by atoms with E-state index in [1.807, 2.05) is 4.90 Å². The summed E-state index contributed by atoms with van der Waals surface area (Å²) in [5, 5.41) is 17.1. The number of nitrogens with zero attached hydrogens (tertiary/aromatic N) is 5. The van der Waals surface area contributed by atoms with E-state index in [1.165, 1.54) is 0 Å². The van der Waals surface area contributed by atoms with E-state index in [0.717, 1.165) is 0 Å². The van der Waals surface area contributed by atoms with Crippen LogP contribution in [0.15, 0.2) is 18.7 Å². The summed E-state index contributed by atoms with van der Waals surface area (Å²) < 4.78 is 1.78. The minimum atomic E-state index is -0.765. The highest BCUT2D eigenvalue weighted by Crippen LogP contribution is 2.33. The predicted molar refractivity (Wildman–Crippen MR) is 63.4 cm³/mol. The lowest BCUT2D eigenvalue weighted by Gasteiger charge is -2.20. The maximum Gasteiger partial charge on any atom is 0.311 e. The zero-order valence-electron chi connectivity index (χ0n) is 9.94. The van der Waals surface area contributed by atoms with Crippen LogP contribution in [-0.2, 0) is 4.79 Å². The fraction of sp³-hybridized carbons (Fsp3) is 0.455. The van der Waals surface area contributed by atoms with Gasteiger partial charge in [0.25, 0.3) is 0 Å². The molecule has 0 spiro atoms. The number of carboxylic acids is 1. The van der Waals surface area contributed by atoms with E-state index < -0.39 is 11.4 Å². The SMILES string of the molecule is CC1(C(=O)O)CCN(c2nccn3cnnc23)C1. The molecule has 18 heavy (non-hydrogen) atoms. The molecule has 7 heteroatoms. The van der Waals surface area contributed by atoms with Crippen LogP contribution in [0.3, 0.4) is 0 Å². The Labute approximate surface area is 103 Å². The lowest BCUT2D eigenvalue weighted by molar-refractivity contribution is -0.146. The summed E-state index contributed by atoms with van der Waals surface area (Å²) in [6, 6.07) is 0. The van der Waals surface area contributed by atoms with Gasteiger partial charge in [0.2, 0.25) is 5.65 Å². The van der Waals surface area contributed by atoms with Gasteiger partial charge < -0.3 is 10.0 Å². The molecule has 0 aromatic carbocycles. The van der Waals surface area contributed by atoms with Crippen molar-refractivity contribution < 1.29 is 9.90 Å². The number of anilines is 1. The fourth-order valence-corrected chi connectivity index (χ4v) is 2.28. The molecule has 1 aliphatic rings. The molecule has 94 valence electrons. The molecule has 0 amide bonds. The van der Waals surface area contributed by atoms with Crippen LogP contribution in [0.1, 0.15) is 13.3 Å². The summed E-state index contributed by atoms with van der Waals surface area (Å²) in [7, 11) is 0. The van der Waals surface area contributed by atoms with Crippen molar-refractivity contribution in [1.82, 2.24) is 19.6 Å². The third-order valence-corrected chi connectivity index (χ3v) is 3.49. The lowest BCUT2D eigenvalue weighted by Crippen LogP contribution is -2.32. The summed E-state index contributed by atoms with van der Waals surface area (Å²) in [4.78, 5) is 17.5. The molecule has 1 unspecified atom stereocenters. The summed E-state index contributed by atoms with van der Waals surface area (Å²) in [5.41, 5.74) is -0.0544. The van der Waals surface area contributed by atoms with Gasteiger partial charge in [0.1, 0.15) is 6.33 Å². The first-order chi connectivity index (χ1) is 8.60. The number of rotatable bonds is 2. The molecule has 3 heterocycles. The smallest absolute Gasteiger partial charge is 0.311 e. The zero-order valence-corrected chi connectivity index (χ0v) is 9.94. The number of carbonyl (C=O) groups is 1. The van der Waals surface area contributed by atoms with Crippen molar-refractivity contribution >= 4 is 17.4 Å². The van der Waals surface area contributed by atoms with E-state index in [2.05, 4.69) is 15.2 Å². The molecule has 1 atom stereocenters. The molecule has 1 fully saturated rings. The summed E-state index contributed by atoms with van der Waals surface area (Å²) >= 11 is 0. The second-order valence-corrected chi connectivity index (χ2v) is 4.85. The molecule has 7 nitrogen and oxygen atoms in total. The van der Waals surface area contributed by atoms with Crippen LogP contribution in [0.2, 0.25) is 0 Å². The van der Waals surface area contributed by atoms with Gasteiger partial charge in [-0.15, -0.1) is 10.2 Å².